The minimum absolute atomic E-state index is 0.0575. The van der Waals surface area contributed by atoms with Gasteiger partial charge in [-0.1, -0.05) is 37.6 Å². The van der Waals surface area contributed by atoms with Crippen molar-refractivity contribution in [3.8, 4) is 0 Å². The van der Waals surface area contributed by atoms with Gasteiger partial charge < -0.3 is 4.90 Å². The van der Waals surface area contributed by atoms with Gasteiger partial charge in [0.05, 0.1) is 5.41 Å². The highest BCUT2D eigenvalue weighted by molar-refractivity contribution is 6.30. The van der Waals surface area contributed by atoms with Gasteiger partial charge in [0.15, 0.2) is 0 Å². The number of hydrogen-bond acceptors (Lipinski definition) is 2. The van der Waals surface area contributed by atoms with Crippen molar-refractivity contribution in [2.24, 2.45) is 22.2 Å². The second-order valence-electron chi connectivity index (χ2n) is 11.1. The topological polar surface area (TPSA) is 23.6 Å². The summed E-state index contributed by atoms with van der Waals surface area (Å²) in [7, 11) is 0. The summed E-state index contributed by atoms with van der Waals surface area (Å²) in [6, 6.07) is 8.13. The van der Waals surface area contributed by atoms with Gasteiger partial charge >= 0.3 is 0 Å². The van der Waals surface area contributed by atoms with Crippen molar-refractivity contribution < 1.29 is 4.79 Å². The SMILES string of the molecule is C[C@@]12CC3CC(C(=O)N4CCN(Cc5cccc(Cl)c5)CC4)(C1)C[C@@](C)(C3)C2. The lowest BCUT2D eigenvalue weighted by Gasteiger charge is -2.65. The smallest absolute Gasteiger partial charge is 0.228 e. The third-order valence-corrected chi connectivity index (χ3v) is 8.27. The molecule has 1 heterocycles. The van der Waals surface area contributed by atoms with Crippen LogP contribution in [0.3, 0.4) is 0 Å². The summed E-state index contributed by atoms with van der Waals surface area (Å²) >= 11 is 6.13. The molecule has 3 nitrogen and oxygen atoms in total. The van der Waals surface area contributed by atoms with E-state index < -0.39 is 0 Å². The second kappa shape index (κ2) is 6.47. The summed E-state index contributed by atoms with van der Waals surface area (Å²) in [5.74, 6) is 1.26. The quantitative estimate of drug-likeness (QED) is 0.714. The van der Waals surface area contributed by atoms with Gasteiger partial charge in [-0.25, -0.2) is 0 Å². The van der Waals surface area contributed by atoms with E-state index in [4.69, 9.17) is 11.6 Å². The number of hydrogen-bond donors (Lipinski definition) is 0. The Morgan fingerprint density at radius 2 is 1.71 bits per heavy atom. The van der Waals surface area contributed by atoms with E-state index in [2.05, 4.69) is 35.8 Å². The van der Waals surface area contributed by atoms with Gasteiger partial charge in [-0.3, -0.25) is 9.69 Å². The number of halogens is 1. The van der Waals surface area contributed by atoms with Crippen LogP contribution in [0, 0.1) is 22.2 Å². The predicted molar refractivity (Wildman–Crippen MR) is 113 cm³/mol. The first kappa shape index (κ1) is 18.9. The van der Waals surface area contributed by atoms with E-state index in [1.165, 1.54) is 24.8 Å². The van der Waals surface area contributed by atoms with Crippen molar-refractivity contribution in [2.75, 3.05) is 26.2 Å². The molecule has 6 rings (SSSR count). The van der Waals surface area contributed by atoms with E-state index in [1.54, 1.807) is 0 Å². The summed E-state index contributed by atoms with van der Waals surface area (Å²) in [5, 5.41) is 0.801. The summed E-state index contributed by atoms with van der Waals surface area (Å²) in [4.78, 5) is 18.4. The Kier molecular flexibility index (Phi) is 4.38. The average molecular weight is 401 g/mol. The highest BCUT2D eigenvalue weighted by atomic mass is 35.5. The molecule has 2 atom stereocenters. The summed E-state index contributed by atoms with van der Waals surface area (Å²) in [6.45, 7) is 9.52. The molecule has 0 spiro atoms. The normalized spacial score (nSPS) is 40.1. The fourth-order valence-electron chi connectivity index (χ4n) is 8.02. The van der Waals surface area contributed by atoms with Gasteiger partial charge in [0.1, 0.15) is 0 Å². The number of carbonyl (C=O) groups excluding carboxylic acids is 1. The predicted octanol–water partition coefficient (Wildman–Crippen LogP) is 4.98. The fourth-order valence-corrected chi connectivity index (χ4v) is 8.24. The third kappa shape index (κ3) is 3.29. The highest BCUT2D eigenvalue weighted by Crippen LogP contribution is 2.69. The van der Waals surface area contributed by atoms with Crippen LogP contribution in [0.15, 0.2) is 24.3 Å². The Morgan fingerprint density at radius 1 is 1.04 bits per heavy atom. The highest BCUT2D eigenvalue weighted by Gasteiger charge is 2.63. The number of carbonyl (C=O) groups is 1. The van der Waals surface area contributed by atoms with Gasteiger partial charge in [-0.15, -0.1) is 0 Å². The Hall–Kier alpha value is -1.06. The first-order valence-corrected chi connectivity index (χ1v) is 11.4. The van der Waals surface area contributed by atoms with E-state index in [9.17, 15) is 4.79 Å². The fraction of sp³-hybridized carbons (Fsp3) is 0.708. The van der Waals surface area contributed by atoms with Crippen LogP contribution >= 0.6 is 11.6 Å². The zero-order chi connectivity index (χ0) is 19.6. The molecule has 5 aliphatic rings. The van der Waals surface area contributed by atoms with Crippen molar-refractivity contribution in [3.05, 3.63) is 34.9 Å². The van der Waals surface area contributed by atoms with Crippen molar-refractivity contribution in [3.63, 3.8) is 0 Å². The molecule has 1 saturated heterocycles. The molecule has 0 radical (unpaired) electrons. The minimum atomic E-state index is -0.0575. The second-order valence-corrected chi connectivity index (χ2v) is 11.5. The van der Waals surface area contributed by atoms with Crippen molar-refractivity contribution in [1.82, 2.24) is 9.80 Å². The number of piperazine rings is 1. The molecule has 4 aliphatic carbocycles. The van der Waals surface area contributed by atoms with Gasteiger partial charge in [0, 0.05) is 37.7 Å². The zero-order valence-corrected chi connectivity index (χ0v) is 18.1. The number of rotatable bonds is 3. The van der Waals surface area contributed by atoms with Crippen LogP contribution in [0.4, 0.5) is 0 Å². The molecule has 4 heteroatoms. The first-order chi connectivity index (χ1) is 13.3. The van der Waals surface area contributed by atoms with E-state index >= 15 is 0 Å². The molecule has 0 aromatic heterocycles. The van der Waals surface area contributed by atoms with Crippen LogP contribution in [0.2, 0.25) is 5.02 Å². The van der Waals surface area contributed by atoms with Crippen molar-refractivity contribution in [1.29, 1.82) is 0 Å². The lowest BCUT2D eigenvalue weighted by atomic mass is 9.40. The molecule has 1 aromatic rings. The van der Waals surface area contributed by atoms with Gasteiger partial charge in [-0.2, -0.15) is 0 Å². The van der Waals surface area contributed by atoms with E-state index in [0.29, 0.717) is 16.7 Å². The minimum Gasteiger partial charge on any atom is -0.340 e. The average Bonchev–Trinajstić information content (AvgIpc) is 2.59. The molecule has 28 heavy (non-hydrogen) atoms. The van der Waals surface area contributed by atoms with Crippen LogP contribution in [-0.2, 0) is 11.3 Å². The zero-order valence-electron chi connectivity index (χ0n) is 17.3. The maximum atomic E-state index is 13.7. The Labute approximate surface area is 174 Å². The van der Waals surface area contributed by atoms with Crippen LogP contribution in [0.5, 0.6) is 0 Å². The molecule has 4 saturated carbocycles. The Balaban J connectivity index is 1.25. The molecule has 0 N–H and O–H groups in total. The van der Waals surface area contributed by atoms with Gasteiger partial charge in [-0.05, 0) is 73.0 Å². The van der Waals surface area contributed by atoms with Crippen molar-refractivity contribution in [2.45, 2.75) is 58.9 Å². The van der Waals surface area contributed by atoms with Gasteiger partial charge in [0.25, 0.3) is 0 Å². The maximum absolute atomic E-state index is 13.7. The van der Waals surface area contributed by atoms with Crippen LogP contribution in [0.25, 0.3) is 0 Å². The monoisotopic (exact) mass is 400 g/mol. The van der Waals surface area contributed by atoms with Gasteiger partial charge in [0.2, 0.25) is 5.91 Å². The Morgan fingerprint density at radius 3 is 2.32 bits per heavy atom. The maximum Gasteiger partial charge on any atom is 0.228 e. The standard InChI is InChI=1S/C24H33ClN2O/c1-22-11-19-12-23(2,15-22)17-24(13-19,16-22)21(28)27-8-6-26(7-9-27)14-18-4-3-5-20(25)10-18/h3-5,10,19H,6-9,11-17H2,1-2H3/t19?,22-,23-,24?/m0/s1. The molecule has 152 valence electrons. The molecule has 0 unspecified atom stereocenters. The van der Waals surface area contributed by atoms with E-state index in [0.717, 1.165) is 62.9 Å². The number of amides is 1. The van der Waals surface area contributed by atoms with E-state index in [1.807, 2.05) is 12.1 Å². The molecule has 5 fully saturated rings. The Bertz CT molecular complexity index is 767. The molecule has 1 aliphatic heterocycles. The summed E-state index contributed by atoms with van der Waals surface area (Å²) < 4.78 is 0. The third-order valence-electron chi connectivity index (χ3n) is 8.03. The van der Waals surface area contributed by atoms with Crippen LogP contribution in [0.1, 0.15) is 57.9 Å². The lowest BCUT2D eigenvalue weighted by Crippen LogP contribution is -2.62. The molecular formula is C24H33ClN2O. The van der Waals surface area contributed by atoms with Crippen molar-refractivity contribution >= 4 is 17.5 Å². The molecular weight excluding hydrogens is 368 g/mol. The largest absolute Gasteiger partial charge is 0.340 e. The van der Waals surface area contributed by atoms with Crippen LogP contribution in [-0.4, -0.2) is 41.9 Å². The number of benzene rings is 1. The van der Waals surface area contributed by atoms with E-state index in [-0.39, 0.29) is 5.41 Å². The summed E-state index contributed by atoms with van der Waals surface area (Å²) in [6.07, 6.45) is 7.45. The van der Waals surface area contributed by atoms with Crippen LogP contribution < -0.4 is 0 Å². The molecule has 1 amide bonds. The number of nitrogens with zero attached hydrogens (tertiary/aromatic N) is 2. The first-order valence-electron chi connectivity index (χ1n) is 11.0. The molecule has 1 aromatic carbocycles. The lowest BCUT2D eigenvalue weighted by molar-refractivity contribution is -0.180. The molecule has 4 bridgehead atoms. The summed E-state index contributed by atoms with van der Waals surface area (Å²) in [5.41, 5.74) is 2.00.